The van der Waals surface area contributed by atoms with Gasteiger partial charge in [0.15, 0.2) is 11.6 Å². The second-order valence-corrected chi connectivity index (χ2v) is 5.75. The summed E-state index contributed by atoms with van der Waals surface area (Å²) in [6.07, 6.45) is -3.94. The molecule has 0 fully saturated rings. The first-order valence-electron chi connectivity index (χ1n) is 7.96. The Bertz CT molecular complexity index is 1050. The average molecular weight is 411 g/mol. The van der Waals surface area contributed by atoms with Crippen LogP contribution in [0.25, 0.3) is 11.4 Å². The van der Waals surface area contributed by atoms with Gasteiger partial charge in [0.25, 0.3) is 0 Å². The molecule has 0 radical (unpaired) electrons. The maximum Gasteiger partial charge on any atom is 0.419 e. The molecule has 1 aromatic carbocycles. The van der Waals surface area contributed by atoms with Crippen molar-refractivity contribution in [1.29, 1.82) is 0 Å². The molecule has 0 spiro atoms. The minimum Gasteiger partial charge on any atom is -0.465 e. The van der Waals surface area contributed by atoms with Crippen molar-refractivity contribution < 1.29 is 27.5 Å². The molecule has 1 amide bonds. The molecule has 0 saturated carbocycles. The number of halogens is 4. The van der Waals surface area contributed by atoms with Crippen molar-refractivity contribution in [3.63, 3.8) is 0 Å². The first-order chi connectivity index (χ1) is 13.6. The van der Waals surface area contributed by atoms with E-state index < -0.39 is 41.3 Å². The molecule has 0 atom stereocenters. The number of nitrogens with zero attached hydrogens (tertiary/aromatic N) is 5. The van der Waals surface area contributed by atoms with Crippen LogP contribution in [0.4, 0.5) is 34.1 Å². The lowest BCUT2D eigenvalue weighted by molar-refractivity contribution is -0.140. The van der Waals surface area contributed by atoms with E-state index in [0.29, 0.717) is 5.82 Å². The van der Waals surface area contributed by atoms with Crippen molar-refractivity contribution in [3.8, 4) is 11.4 Å². The Kier molecular flexibility index (Phi) is 5.30. The number of aryl methyl sites for hydroxylation is 1. The van der Waals surface area contributed by atoms with Crippen molar-refractivity contribution in [3.05, 3.63) is 47.7 Å². The molecule has 3 aromatic rings. The van der Waals surface area contributed by atoms with E-state index in [1.54, 1.807) is 24.6 Å². The minimum absolute atomic E-state index is 0.0433. The molecule has 0 bridgehead atoms. The van der Waals surface area contributed by atoms with E-state index in [0.717, 1.165) is 18.5 Å². The number of nitrogens with one attached hydrogen (secondary N) is 2. The standard InChI is InChI=1S/C16H13F4N7O2/c1-27-5-4-10(26-27)24-14-23-7-22-13(25-14)9-3-2-8(6-21-15(28)29)11(12(9)17)16(18,19)20/h2-5,7,21H,6H2,1H3,(H,28,29)(H,22,23,24,25,26). The van der Waals surface area contributed by atoms with Crippen LogP contribution in [0.3, 0.4) is 0 Å². The number of carbonyl (C=O) groups is 1. The lowest BCUT2D eigenvalue weighted by Crippen LogP contribution is -2.23. The van der Waals surface area contributed by atoms with Gasteiger partial charge in [-0.15, -0.1) is 0 Å². The number of amides is 1. The zero-order valence-corrected chi connectivity index (χ0v) is 14.7. The molecule has 0 aliphatic carbocycles. The van der Waals surface area contributed by atoms with Crippen LogP contribution in [0.15, 0.2) is 30.7 Å². The number of hydrogen-bond acceptors (Lipinski definition) is 6. The van der Waals surface area contributed by atoms with Crippen LogP contribution >= 0.6 is 0 Å². The Morgan fingerprint density at radius 2 is 2.00 bits per heavy atom. The lowest BCUT2D eigenvalue weighted by Gasteiger charge is -2.16. The van der Waals surface area contributed by atoms with Gasteiger partial charge in [-0.3, -0.25) is 4.68 Å². The molecule has 13 heteroatoms. The Labute approximate surface area is 160 Å². The first-order valence-corrected chi connectivity index (χ1v) is 7.96. The molecule has 9 nitrogen and oxygen atoms in total. The van der Waals surface area contributed by atoms with Gasteiger partial charge in [-0.05, 0) is 11.6 Å². The van der Waals surface area contributed by atoms with E-state index in [9.17, 15) is 22.4 Å². The lowest BCUT2D eigenvalue weighted by atomic mass is 10.0. The summed E-state index contributed by atoms with van der Waals surface area (Å²) in [6.45, 7) is -0.717. The third-order valence-electron chi connectivity index (χ3n) is 3.71. The molecule has 2 heterocycles. The van der Waals surface area contributed by atoms with Crippen LogP contribution in [0.2, 0.25) is 0 Å². The van der Waals surface area contributed by atoms with E-state index in [2.05, 4.69) is 25.4 Å². The van der Waals surface area contributed by atoms with E-state index in [1.807, 2.05) is 0 Å². The van der Waals surface area contributed by atoms with Crippen LogP contribution in [-0.4, -0.2) is 35.9 Å². The van der Waals surface area contributed by atoms with E-state index >= 15 is 0 Å². The monoisotopic (exact) mass is 411 g/mol. The number of aromatic nitrogens is 5. The van der Waals surface area contributed by atoms with Crippen molar-refractivity contribution in [1.82, 2.24) is 30.0 Å². The molecule has 3 rings (SSSR count). The maximum atomic E-state index is 14.8. The predicted molar refractivity (Wildman–Crippen MR) is 91.6 cm³/mol. The summed E-state index contributed by atoms with van der Waals surface area (Å²) < 4.78 is 56.5. The quantitative estimate of drug-likeness (QED) is 0.553. The summed E-state index contributed by atoms with van der Waals surface area (Å²) >= 11 is 0. The first kappa shape index (κ1) is 20.0. The molecule has 0 aliphatic rings. The Hall–Kier alpha value is -3.77. The second-order valence-electron chi connectivity index (χ2n) is 5.75. The van der Waals surface area contributed by atoms with Gasteiger partial charge < -0.3 is 15.7 Å². The van der Waals surface area contributed by atoms with Crippen LogP contribution in [0.1, 0.15) is 11.1 Å². The van der Waals surface area contributed by atoms with E-state index in [-0.39, 0.29) is 11.8 Å². The molecule has 0 unspecified atom stereocenters. The number of benzene rings is 1. The second kappa shape index (κ2) is 7.69. The average Bonchev–Trinajstić information content (AvgIpc) is 3.03. The molecule has 152 valence electrons. The number of anilines is 2. The summed E-state index contributed by atoms with van der Waals surface area (Å²) in [7, 11) is 1.68. The SMILES string of the molecule is Cn1ccc(Nc2ncnc(-c3ccc(CNC(=O)O)c(C(F)(F)F)c3F)n2)n1. The van der Waals surface area contributed by atoms with Crippen molar-refractivity contribution in [2.24, 2.45) is 7.05 Å². The number of hydrogen-bond donors (Lipinski definition) is 3. The summed E-state index contributed by atoms with van der Waals surface area (Å²) in [5.41, 5.74) is -2.67. The van der Waals surface area contributed by atoms with Gasteiger partial charge in [0.2, 0.25) is 5.95 Å². The smallest absolute Gasteiger partial charge is 0.419 e. The molecular weight excluding hydrogens is 398 g/mol. The maximum absolute atomic E-state index is 14.8. The van der Waals surface area contributed by atoms with Crippen molar-refractivity contribution in [2.75, 3.05) is 5.32 Å². The Balaban J connectivity index is 2.00. The van der Waals surface area contributed by atoms with Gasteiger partial charge >= 0.3 is 12.3 Å². The van der Waals surface area contributed by atoms with Gasteiger partial charge in [-0.2, -0.15) is 23.3 Å². The van der Waals surface area contributed by atoms with Gasteiger partial charge in [-0.1, -0.05) is 6.07 Å². The largest absolute Gasteiger partial charge is 0.465 e. The van der Waals surface area contributed by atoms with Crippen molar-refractivity contribution in [2.45, 2.75) is 12.7 Å². The zero-order chi connectivity index (χ0) is 21.2. The summed E-state index contributed by atoms with van der Waals surface area (Å²) in [5, 5.41) is 17.2. The predicted octanol–water partition coefficient (Wildman–Crippen LogP) is 2.94. The summed E-state index contributed by atoms with van der Waals surface area (Å²) in [5.74, 6) is -1.62. The normalized spacial score (nSPS) is 11.3. The van der Waals surface area contributed by atoms with E-state index in [1.165, 1.54) is 4.68 Å². The third kappa shape index (κ3) is 4.56. The van der Waals surface area contributed by atoms with Gasteiger partial charge in [-0.25, -0.2) is 19.2 Å². The highest BCUT2D eigenvalue weighted by atomic mass is 19.4. The molecule has 29 heavy (non-hydrogen) atoms. The summed E-state index contributed by atoms with van der Waals surface area (Å²) in [6, 6.07) is 3.62. The molecule has 0 saturated heterocycles. The highest BCUT2D eigenvalue weighted by molar-refractivity contribution is 5.65. The third-order valence-corrected chi connectivity index (χ3v) is 3.71. The Morgan fingerprint density at radius 3 is 2.62 bits per heavy atom. The van der Waals surface area contributed by atoms with Crippen LogP contribution in [0, 0.1) is 5.82 Å². The van der Waals surface area contributed by atoms with Crippen LogP contribution in [0.5, 0.6) is 0 Å². The van der Waals surface area contributed by atoms with Crippen LogP contribution < -0.4 is 10.6 Å². The molecule has 3 N–H and O–H groups in total. The number of alkyl halides is 3. The van der Waals surface area contributed by atoms with Gasteiger partial charge in [0.05, 0.1) is 11.1 Å². The molecule has 0 aliphatic heterocycles. The van der Waals surface area contributed by atoms with Gasteiger partial charge in [0.1, 0.15) is 12.1 Å². The highest BCUT2D eigenvalue weighted by Crippen LogP contribution is 2.37. The van der Waals surface area contributed by atoms with E-state index in [4.69, 9.17) is 5.11 Å². The summed E-state index contributed by atoms with van der Waals surface area (Å²) in [4.78, 5) is 22.1. The zero-order valence-electron chi connectivity index (χ0n) is 14.7. The fraction of sp³-hybridized carbons (Fsp3) is 0.188. The fourth-order valence-electron chi connectivity index (χ4n) is 2.50. The van der Waals surface area contributed by atoms with Crippen LogP contribution in [-0.2, 0) is 19.8 Å². The fourth-order valence-corrected chi connectivity index (χ4v) is 2.50. The topological polar surface area (TPSA) is 118 Å². The minimum atomic E-state index is -5.06. The number of rotatable bonds is 5. The highest BCUT2D eigenvalue weighted by Gasteiger charge is 2.38. The molecule has 2 aromatic heterocycles. The molecular formula is C16H13F4N7O2. The van der Waals surface area contributed by atoms with Crippen molar-refractivity contribution >= 4 is 17.9 Å². The Morgan fingerprint density at radius 1 is 1.24 bits per heavy atom. The van der Waals surface area contributed by atoms with Gasteiger partial charge in [0, 0.05) is 25.9 Å². The number of carboxylic acid groups (broad SMARTS) is 1.